The van der Waals surface area contributed by atoms with Gasteiger partial charge in [0.1, 0.15) is 17.3 Å². The topological polar surface area (TPSA) is 85.9 Å². The monoisotopic (exact) mass is 265 g/mol. The van der Waals surface area contributed by atoms with Crippen LogP contribution in [-0.2, 0) is 6.42 Å². The number of aldehydes is 1. The number of ether oxygens (including phenoxy) is 2. The number of nitrogens with two attached hydrogens (primary N) is 1. The zero-order valence-electron chi connectivity index (χ0n) is 11.4. The molecule has 1 aromatic carbocycles. The van der Waals surface area contributed by atoms with Crippen molar-refractivity contribution in [1.82, 2.24) is 5.43 Å². The minimum Gasteiger partial charge on any atom is -0.496 e. The van der Waals surface area contributed by atoms with Crippen molar-refractivity contribution in [2.24, 2.45) is 10.8 Å². The number of nitrogens with zero attached hydrogens (tertiary/aromatic N) is 1. The zero-order chi connectivity index (χ0) is 14.3. The lowest BCUT2D eigenvalue weighted by Crippen LogP contribution is -2.16. The molecular weight excluding hydrogens is 246 g/mol. The van der Waals surface area contributed by atoms with Crippen LogP contribution in [0, 0.1) is 0 Å². The summed E-state index contributed by atoms with van der Waals surface area (Å²) in [4.78, 5) is 11.0. The Morgan fingerprint density at radius 2 is 1.95 bits per heavy atom. The standard InChI is InChI=1S/C13H19N3O3/c1-9(14)16-15-5-4-10-6-12(18-2)11(8-17)13(7-10)19-3/h6-8,15H,4-5H2,1-3H3,(H2,14,16). The maximum absolute atomic E-state index is 11.0. The summed E-state index contributed by atoms with van der Waals surface area (Å²) in [5, 5.41) is 3.88. The molecule has 0 bridgehead atoms. The summed E-state index contributed by atoms with van der Waals surface area (Å²) in [7, 11) is 3.04. The second kappa shape index (κ2) is 7.25. The van der Waals surface area contributed by atoms with Crippen molar-refractivity contribution in [1.29, 1.82) is 0 Å². The van der Waals surface area contributed by atoms with Gasteiger partial charge in [0.15, 0.2) is 6.29 Å². The molecule has 6 heteroatoms. The molecular formula is C13H19N3O3. The molecule has 0 spiro atoms. The molecule has 6 nitrogen and oxygen atoms in total. The van der Waals surface area contributed by atoms with E-state index in [0.717, 1.165) is 11.8 Å². The predicted molar refractivity (Wildman–Crippen MR) is 73.9 cm³/mol. The first kappa shape index (κ1) is 14.8. The van der Waals surface area contributed by atoms with Crippen LogP contribution >= 0.6 is 0 Å². The normalized spacial score (nSPS) is 11.0. The molecule has 0 fully saturated rings. The number of hydrogen-bond acceptors (Lipinski definition) is 5. The third-order valence-corrected chi connectivity index (χ3v) is 2.50. The van der Waals surface area contributed by atoms with Crippen molar-refractivity contribution in [2.75, 3.05) is 20.8 Å². The first-order valence-corrected chi connectivity index (χ1v) is 5.85. The van der Waals surface area contributed by atoms with E-state index < -0.39 is 0 Å². The highest BCUT2D eigenvalue weighted by Gasteiger charge is 2.11. The van der Waals surface area contributed by atoms with Crippen LogP contribution in [0.1, 0.15) is 22.8 Å². The molecule has 0 heterocycles. The average molecular weight is 265 g/mol. The van der Waals surface area contributed by atoms with Crippen LogP contribution in [-0.4, -0.2) is 32.9 Å². The Morgan fingerprint density at radius 3 is 2.37 bits per heavy atom. The molecule has 0 unspecified atom stereocenters. The van der Waals surface area contributed by atoms with E-state index >= 15 is 0 Å². The Labute approximate surface area is 112 Å². The molecule has 0 saturated carbocycles. The Morgan fingerprint density at radius 1 is 1.37 bits per heavy atom. The van der Waals surface area contributed by atoms with Gasteiger partial charge in [0, 0.05) is 6.54 Å². The van der Waals surface area contributed by atoms with E-state index in [2.05, 4.69) is 10.5 Å². The van der Waals surface area contributed by atoms with Gasteiger partial charge < -0.3 is 20.6 Å². The average Bonchev–Trinajstić information content (AvgIpc) is 2.42. The molecule has 0 aliphatic carbocycles. The van der Waals surface area contributed by atoms with Crippen LogP contribution in [0.2, 0.25) is 0 Å². The van der Waals surface area contributed by atoms with Gasteiger partial charge in [0.2, 0.25) is 0 Å². The van der Waals surface area contributed by atoms with Crippen LogP contribution < -0.4 is 20.6 Å². The van der Waals surface area contributed by atoms with Crippen molar-refractivity contribution >= 4 is 12.1 Å². The predicted octanol–water partition coefficient (Wildman–Crippen LogP) is 0.940. The van der Waals surface area contributed by atoms with E-state index in [1.165, 1.54) is 14.2 Å². The van der Waals surface area contributed by atoms with Gasteiger partial charge in [-0.15, -0.1) is 0 Å². The minimum atomic E-state index is 0.414. The number of hydrazone groups is 1. The zero-order valence-corrected chi connectivity index (χ0v) is 11.4. The summed E-state index contributed by atoms with van der Waals surface area (Å²) >= 11 is 0. The molecule has 0 aromatic heterocycles. The van der Waals surface area contributed by atoms with E-state index in [1.54, 1.807) is 6.92 Å². The van der Waals surface area contributed by atoms with Crippen molar-refractivity contribution < 1.29 is 14.3 Å². The minimum absolute atomic E-state index is 0.414. The molecule has 3 N–H and O–H groups in total. The summed E-state index contributed by atoms with van der Waals surface area (Å²) in [6, 6.07) is 3.62. The van der Waals surface area contributed by atoms with E-state index in [9.17, 15) is 4.79 Å². The first-order chi connectivity index (χ1) is 9.12. The summed E-state index contributed by atoms with van der Waals surface area (Å²) in [5.41, 5.74) is 9.66. The van der Waals surface area contributed by atoms with Crippen LogP contribution in [0.4, 0.5) is 0 Å². The second-order valence-corrected chi connectivity index (χ2v) is 3.94. The highest BCUT2D eigenvalue weighted by molar-refractivity contribution is 5.84. The lowest BCUT2D eigenvalue weighted by molar-refractivity contribution is 0.111. The highest BCUT2D eigenvalue weighted by atomic mass is 16.5. The Bertz CT molecular complexity index is 443. The molecule has 0 saturated heterocycles. The van der Waals surface area contributed by atoms with E-state index in [1.807, 2.05) is 12.1 Å². The van der Waals surface area contributed by atoms with Crippen LogP contribution in [0.25, 0.3) is 0 Å². The van der Waals surface area contributed by atoms with Crippen molar-refractivity contribution in [3.63, 3.8) is 0 Å². The van der Waals surface area contributed by atoms with Gasteiger partial charge in [-0.3, -0.25) is 4.79 Å². The van der Waals surface area contributed by atoms with Gasteiger partial charge in [0.05, 0.1) is 19.8 Å². The second-order valence-electron chi connectivity index (χ2n) is 3.94. The molecule has 0 radical (unpaired) electrons. The molecule has 0 aliphatic rings. The third-order valence-electron chi connectivity index (χ3n) is 2.50. The van der Waals surface area contributed by atoms with Gasteiger partial charge in [-0.2, -0.15) is 5.10 Å². The highest BCUT2D eigenvalue weighted by Crippen LogP contribution is 2.28. The number of amidine groups is 1. The quantitative estimate of drug-likeness (QED) is 0.252. The Kier molecular flexibility index (Phi) is 5.66. The SMILES string of the molecule is COc1cc(CCNN=C(C)N)cc(OC)c1C=O. The summed E-state index contributed by atoms with van der Waals surface area (Å²) in [6.07, 6.45) is 1.43. The summed E-state index contributed by atoms with van der Waals surface area (Å²) in [6.45, 7) is 2.33. The number of nitrogens with one attached hydrogen (secondary N) is 1. The fourth-order valence-electron chi connectivity index (χ4n) is 1.63. The maximum Gasteiger partial charge on any atom is 0.157 e. The number of carbonyl (C=O) groups excluding carboxylic acids is 1. The molecule has 0 amide bonds. The van der Waals surface area contributed by atoms with Crippen LogP contribution in [0.3, 0.4) is 0 Å². The van der Waals surface area contributed by atoms with Gasteiger partial charge >= 0.3 is 0 Å². The first-order valence-electron chi connectivity index (χ1n) is 5.85. The van der Waals surface area contributed by atoms with Gasteiger partial charge in [-0.25, -0.2) is 0 Å². The molecule has 104 valence electrons. The number of hydrogen-bond donors (Lipinski definition) is 2. The summed E-state index contributed by atoms with van der Waals surface area (Å²) in [5.74, 6) is 1.48. The molecule has 0 atom stereocenters. The number of benzene rings is 1. The lowest BCUT2D eigenvalue weighted by atomic mass is 10.1. The maximum atomic E-state index is 11.0. The lowest BCUT2D eigenvalue weighted by Gasteiger charge is -2.11. The number of rotatable bonds is 7. The fourth-order valence-corrected chi connectivity index (χ4v) is 1.63. The van der Waals surface area contributed by atoms with Crippen LogP contribution in [0.5, 0.6) is 11.5 Å². The van der Waals surface area contributed by atoms with Gasteiger partial charge in [-0.1, -0.05) is 0 Å². The van der Waals surface area contributed by atoms with Crippen molar-refractivity contribution in [3.8, 4) is 11.5 Å². The van der Waals surface area contributed by atoms with Crippen LogP contribution in [0.15, 0.2) is 17.2 Å². The Balaban J connectivity index is 2.84. The van der Waals surface area contributed by atoms with Gasteiger partial charge in [-0.05, 0) is 31.0 Å². The van der Waals surface area contributed by atoms with Gasteiger partial charge in [0.25, 0.3) is 0 Å². The number of methoxy groups -OCH3 is 2. The largest absolute Gasteiger partial charge is 0.496 e. The molecule has 19 heavy (non-hydrogen) atoms. The molecule has 0 aliphatic heterocycles. The molecule has 1 aromatic rings. The van der Waals surface area contributed by atoms with E-state index in [0.29, 0.717) is 35.9 Å². The molecule has 1 rings (SSSR count). The van der Waals surface area contributed by atoms with Crippen molar-refractivity contribution in [2.45, 2.75) is 13.3 Å². The Hall–Kier alpha value is -2.24. The fraction of sp³-hybridized carbons (Fsp3) is 0.385. The number of carbonyl (C=O) groups is 1. The third kappa shape index (κ3) is 4.17. The summed E-state index contributed by atoms with van der Waals surface area (Å²) < 4.78 is 10.4. The smallest absolute Gasteiger partial charge is 0.157 e. The van der Waals surface area contributed by atoms with E-state index in [4.69, 9.17) is 15.2 Å². The van der Waals surface area contributed by atoms with Crippen molar-refractivity contribution in [3.05, 3.63) is 23.3 Å². The van der Waals surface area contributed by atoms with E-state index in [-0.39, 0.29) is 0 Å².